The number of hydrogen-bond acceptors (Lipinski definition) is 6. The Hall–Kier alpha value is -0.930. The van der Waals surface area contributed by atoms with Crippen molar-refractivity contribution < 1.29 is 9.90 Å². The molecule has 0 rings (SSSR count). The minimum absolute atomic E-state index is 0.308. The largest absolute Gasteiger partial charge is 0.387 e. The van der Waals surface area contributed by atoms with Crippen molar-refractivity contribution in [3.8, 4) is 0 Å². The Kier molecular flexibility index (Phi) is 13.1. The van der Waals surface area contributed by atoms with Gasteiger partial charge >= 0.3 is 6.03 Å². The van der Waals surface area contributed by atoms with Gasteiger partial charge in [0, 0.05) is 13.1 Å². The molecular formula is C17H42N6O2. The zero-order valence-corrected chi connectivity index (χ0v) is 17.6. The summed E-state index contributed by atoms with van der Waals surface area (Å²) >= 11 is 0. The van der Waals surface area contributed by atoms with E-state index < -0.39 is 11.3 Å². The first-order valence-corrected chi connectivity index (χ1v) is 8.78. The van der Waals surface area contributed by atoms with Crippen molar-refractivity contribution in [1.29, 1.82) is 0 Å². The lowest BCUT2D eigenvalue weighted by atomic mass is 9.94. The molecule has 152 valence electrons. The highest BCUT2D eigenvalue weighted by Crippen LogP contribution is 2.13. The minimum atomic E-state index is -0.887. The maximum Gasteiger partial charge on any atom is 0.314 e. The first-order chi connectivity index (χ1) is 11.2. The van der Waals surface area contributed by atoms with Crippen molar-refractivity contribution in [1.82, 2.24) is 20.0 Å². The third-order valence-electron chi connectivity index (χ3n) is 4.17. The number of nitrogens with zero attached hydrogens (tertiary/aromatic N) is 3. The third-order valence-corrected chi connectivity index (χ3v) is 4.17. The van der Waals surface area contributed by atoms with E-state index in [-0.39, 0.29) is 6.03 Å². The van der Waals surface area contributed by atoms with Gasteiger partial charge in [-0.1, -0.05) is 0 Å². The topological polar surface area (TPSA) is 111 Å². The molecule has 0 spiro atoms. The summed E-state index contributed by atoms with van der Waals surface area (Å²) in [7, 11) is 9.83. The summed E-state index contributed by atoms with van der Waals surface area (Å²) in [5, 5.41) is 12.2. The maximum absolute atomic E-state index is 11.2. The van der Waals surface area contributed by atoms with Crippen LogP contribution in [0.15, 0.2) is 0 Å². The molecule has 25 heavy (non-hydrogen) atoms. The van der Waals surface area contributed by atoms with Crippen molar-refractivity contribution in [2.24, 2.45) is 11.5 Å². The van der Waals surface area contributed by atoms with Gasteiger partial charge in [0.15, 0.2) is 0 Å². The van der Waals surface area contributed by atoms with Crippen molar-refractivity contribution in [2.75, 3.05) is 61.4 Å². The van der Waals surface area contributed by atoms with Crippen LogP contribution in [0.25, 0.3) is 0 Å². The molecule has 0 aliphatic heterocycles. The molecule has 0 aliphatic carbocycles. The first kappa shape index (κ1) is 26.3. The summed E-state index contributed by atoms with van der Waals surface area (Å²) in [4.78, 5) is 17.1. The number of nitrogens with two attached hydrogens (primary N) is 2. The van der Waals surface area contributed by atoms with E-state index in [2.05, 4.69) is 15.1 Å². The van der Waals surface area contributed by atoms with Crippen LogP contribution in [0.5, 0.6) is 0 Å². The fourth-order valence-electron chi connectivity index (χ4n) is 1.79. The van der Waals surface area contributed by atoms with E-state index in [0.717, 1.165) is 39.0 Å². The zero-order valence-electron chi connectivity index (χ0n) is 17.6. The number of rotatable bonds is 10. The predicted octanol–water partition coefficient (Wildman–Crippen LogP) is -0.0779. The van der Waals surface area contributed by atoms with Gasteiger partial charge in [0.2, 0.25) is 0 Å². The number of aliphatic hydroxyl groups is 1. The van der Waals surface area contributed by atoms with Crippen LogP contribution >= 0.6 is 0 Å². The van der Waals surface area contributed by atoms with Crippen molar-refractivity contribution in [3.05, 3.63) is 0 Å². The van der Waals surface area contributed by atoms with Gasteiger partial charge in [-0.05, 0) is 81.9 Å². The Morgan fingerprint density at radius 1 is 0.960 bits per heavy atom. The van der Waals surface area contributed by atoms with Crippen LogP contribution in [0.2, 0.25) is 0 Å². The van der Waals surface area contributed by atoms with Crippen LogP contribution in [0, 0.1) is 0 Å². The van der Waals surface area contributed by atoms with Crippen LogP contribution in [0.3, 0.4) is 0 Å². The number of carbonyl (C=O) groups is 1. The number of nitrogens with one attached hydrogen (secondary N) is 1. The van der Waals surface area contributed by atoms with E-state index in [1.54, 1.807) is 32.7 Å². The average molecular weight is 363 g/mol. The molecule has 8 nitrogen and oxygen atoms in total. The Balaban J connectivity index is 0. The second kappa shape index (κ2) is 12.4. The van der Waals surface area contributed by atoms with Crippen LogP contribution in [0.1, 0.15) is 33.6 Å². The highest BCUT2D eigenvalue weighted by molar-refractivity contribution is 5.71. The Morgan fingerprint density at radius 2 is 1.32 bits per heavy atom. The molecule has 0 aromatic carbocycles. The Bertz CT molecular complexity index is 340. The molecule has 2 amide bonds. The highest BCUT2D eigenvalue weighted by Gasteiger charge is 2.33. The number of likely N-dealkylation sites (N-methyl/N-ethyl adjacent to an activating group) is 1. The SMILES string of the molecule is CN(C)CCCN(CCCN(C)C)C(N)=O.CNC(C)(N)C(C)(C)O. The monoisotopic (exact) mass is 362 g/mol. The fourth-order valence-corrected chi connectivity index (χ4v) is 1.79. The summed E-state index contributed by atoms with van der Waals surface area (Å²) < 4.78 is 0. The number of primary amides is 1. The van der Waals surface area contributed by atoms with Gasteiger partial charge in [-0.2, -0.15) is 0 Å². The van der Waals surface area contributed by atoms with E-state index in [1.807, 2.05) is 28.2 Å². The van der Waals surface area contributed by atoms with Crippen LogP contribution in [0.4, 0.5) is 4.79 Å². The smallest absolute Gasteiger partial charge is 0.314 e. The molecule has 0 saturated heterocycles. The van der Waals surface area contributed by atoms with Crippen LogP contribution in [-0.4, -0.2) is 98.5 Å². The maximum atomic E-state index is 11.2. The Morgan fingerprint density at radius 3 is 1.48 bits per heavy atom. The first-order valence-electron chi connectivity index (χ1n) is 8.78. The van der Waals surface area contributed by atoms with Gasteiger partial charge in [0.25, 0.3) is 0 Å². The minimum Gasteiger partial charge on any atom is -0.387 e. The van der Waals surface area contributed by atoms with Crippen molar-refractivity contribution in [2.45, 2.75) is 44.9 Å². The van der Waals surface area contributed by atoms with Crippen molar-refractivity contribution in [3.63, 3.8) is 0 Å². The van der Waals surface area contributed by atoms with E-state index in [1.165, 1.54) is 0 Å². The molecule has 0 saturated carbocycles. The summed E-state index contributed by atoms with van der Waals surface area (Å²) in [6.45, 7) is 8.55. The summed E-state index contributed by atoms with van der Waals surface area (Å²) in [5.41, 5.74) is 9.36. The van der Waals surface area contributed by atoms with Gasteiger partial charge in [-0.15, -0.1) is 0 Å². The number of amides is 2. The molecule has 6 N–H and O–H groups in total. The molecule has 8 heteroatoms. The number of carbonyl (C=O) groups excluding carboxylic acids is 1. The normalized spacial score (nSPS) is 14.1. The van der Waals surface area contributed by atoms with Crippen molar-refractivity contribution >= 4 is 6.03 Å². The van der Waals surface area contributed by atoms with E-state index in [4.69, 9.17) is 11.5 Å². The molecule has 0 radical (unpaired) electrons. The lowest BCUT2D eigenvalue weighted by Gasteiger charge is -2.36. The second-order valence-corrected chi connectivity index (χ2v) is 7.65. The molecule has 0 aromatic rings. The zero-order chi connectivity index (χ0) is 20.3. The van der Waals surface area contributed by atoms with Gasteiger partial charge in [-0.25, -0.2) is 4.79 Å². The quantitative estimate of drug-likeness (QED) is 0.405. The van der Waals surface area contributed by atoms with Gasteiger partial charge in [0.05, 0.1) is 11.3 Å². The summed E-state index contributed by atoms with van der Waals surface area (Å²) in [6, 6.07) is -0.308. The van der Waals surface area contributed by atoms with E-state index >= 15 is 0 Å². The molecule has 0 heterocycles. The van der Waals surface area contributed by atoms with E-state index in [0.29, 0.717) is 0 Å². The molecule has 0 aliphatic rings. The third kappa shape index (κ3) is 14.0. The lowest BCUT2D eigenvalue weighted by molar-refractivity contribution is -0.00693. The highest BCUT2D eigenvalue weighted by atomic mass is 16.3. The average Bonchev–Trinajstić information content (AvgIpc) is 2.44. The molecule has 0 aromatic heterocycles. The Labute approximate surface area is 154 Å². The van der Waals surface area contributed by atoms with Crippen LogP contribution in [-0.2, 0) is 0 Å². The molecule has 0 bridgehead atoms. The van der Waals surface area contributed by atoms with Crippen LogP contribution < -0.4 is 16.8 Å². The van der Waals surface area contributed by atoms with Gasteiger partial charge < -0.3 is 36.6 Å². The molecule has 0 fully saturated rings. The molecular weight excluding hydrogens is 320 g/mol. The number of urea groups is 1. The summed E-state index contributed by atoms with van der Waals surface area (Å²) in [6.07, 6.45) is 1.94. The predicted molar refractivity (Wildman–Crippen MR) is 105 cm³/mol. The second-order valence-electron chi connectivity index (χ2n) is 7.65. The number of hydrogen-bond donors (Lipinski definition) is 4. The molecule has 1 atom stereocenters. The van der Waals surface area contributed by atoms with Gasteiger partial charge in [0.1, 0.15) is 0 Å². The summed E-state index contributed by atoms with van der Waals surface area (Å²) in [5.74, 6) is 0. The van der Waals surface area contributed by atoms with Gasteiger partial charge in [-0.3, -0.25) is 0 Å². The van der Waals surface area contributed by atoms with E-state index in [9.17, 15) is 9.90 Å². The molecule has 1 unspecified atom stereocenters. The lowest BCUT2D eigenvalue weighted by Crippen LogP contribution is -2.63. The fraction of sp³-hybridized carbons (Fsp3) is 0.941. The standard InChI is InChI=1S/C11H26N4O.C6H16N2O/c1-13(2)7-5-9-15(11(12)16)10-6-8-14(3)4;1-5(2,9)6(3,7)8-4/h5-10H2,1-4H3,(H2,12,16);8-9H,7H2,1-4H3.